The molecule has 0 N–H and O–H groups in total. The maximum atomic E-state index is 11.7. The van der Waals surface area contributed by atoms with E-state index in [9.17, 15) is 4.79 Å². The summed E-state index contributed by atoms with van der Waals surface area (Å²) >= 11 is 1.63. The van der Waals surface area contributed by atoms with Crippen molar-refractivity contribution in [1.29, 1.82) is 0 Å². The minimum absolute atomic E-state index is 0.160. The van der Waals surface area contributed by atoms with Crippen LogP contribution in [0.1, 0.15) is 10.4 Å². The molecule has 0 radical (unpaired) electrons. The number of amidine groups is 1. The molecule has 0 atom stereocenters. The van der Waals surface area contributed by atoms with Crippen LogP contribution < -0.4 is 0 Å². The smallest absolute Gasteiger partial charge is 0.279 e. The van der Waals surface area contributed by atoms with Crippen molar-refractivity contribution < 1.29 is 4.79 Å². The fourth-order valence-corrected chi connectivity index (χ4v) is 2.34. The number of rotatable bonds is 1. The van der Waals surface area contributed by atoms with E-state index in [4.69, 9.17) is 0 Å². The molecule has 4 heteroatoms. The van der Waals surface area contributed by atoms with Crippen LogP contribution in [0.2, 0.25) is 0 Å². The molecule has 0 bridgehead atoms. The van der Waals surface area contributed by atoms with Crippen molar-refractivity contribution in [1.82, 2.24) is 4.90 Å². The maximum Gasteiger partial charge on any atom is 0.279 e. The van der Waals surface area contributed by atoms with E-state index < -0.39 is 0 Å². The highest BCUT2D eigenvalue weighted by Crippen LogP contribution is 2.16. The van der Waals surface area contributed by atoms with Crippen LogP contribution in [0.5, 0.6) is 0 Å². The largest absolute Gasteiger partial charge is 0.353 e. The van der Waals surface area contributed by atoms with Gasteiger partial charge in [0.1, 0.15) is 0 Å². The number of thioether (sulfide) groups is 1. The molecule has 0 unspecified atom stereocenters. The summed E-state index contributed by atoms with van der Waals surface area (Å²) in [5, 5.41) is 0.823. The molecule has 15 heavy (non-hydrogen) atoms. The molecule has 1 fully saturated rings. The Morgan fingerprint density at radius 3 is 2.73 bits per heavy atom. The van der Waals surface area contributed by atoms with E-state index in [0.717, 1.165) is 17.5 Å². The van der Waals surface area contributed by atoms with E-state index >= 15 is 0 Å². The molecule has 0 aliphatic carbocycles. The quantitative estimate of drug-likeness (QED) is 0.724. The molecule has 1 amide bonds. The summed E-state index contributed by atoms with van der Waals surface area (Å²) in [6.07, 6.45) is 0. The lowest BCUT2D eigenvalue weighted by molar-refractivity contribution is 0.100. The minimum Gasteiger partial charge on any atom is -0.353 e. The van der Waals surface area contributed by atoms with Crippen molar-refractivity contribution in [3.63, 3.8) is 0 Å². The molecule has 1 aliphatic heterocycles. The standard InChI is InChI=1S/C11H12N2OS/c1-13-7-8-15-11(13)12-10(14)9-5-3-2-4-6-9/h2-6H,7-8H2,1H3. The fourth-order valence-electron chi connectivity index (χ4n) is 1.33. The van der Waals surface area contributed by atoms with Crippen LogP contribution >= 0.6 is 11.8 Å². The second-order valence-corrected chi connectivity index (χ2v) is 4.40. The van der Waals surface area contributed by atoms with Gasteiger partial charge in [0.2, 0.25) is 0 Å². The highest BCUT2D eigenvalue weighted by molar-refractivity contribution is 8.14. The summed E-state index contributed by atoms with van der Waals surface area (Å²) in [6.45, 7) is 0.964. The predicted octanol–water partition coefficient (Wildman–Crippen LogP) is 1.86. The van der Waals surface area contributed by atoms with E-state index in [0.29, 0.717) is 5.56 Å². The number of nitrogens with zero attached hydrogens (tertiary/aromatic N) is 2. The Labute approximate surface area is 93.2 Å². The van der Waals surface area contributed by atoms with E-state index in [1.165, 1.54) is 0 Å². The van der Waals surface area contributed by atoms with Crippen molar-refractivity contribution in [3.05, 3.63) is 35.9 Å². The summed E-state index contributed by atoms with van der Waals surface area (Å²) < 4.78 is 0. The molecule has 1 aromatic rings. The Morgan fingerprint density at radius 1 is 1.40 bits per heavy atom. The number of amides is 1. The molecule has 78 valence electrons. The molecule has 1 heterocycles. The number of hydrogen-bond donors (Lipinski definition) is 0. The van der Waals surface area contributed by atoms with Crippen LogP contribution in [0, 0.1) is 0 Å². The Balaban J connectivity index is 2.16. The number of carbonyl (C=O) groups is 1. The van der Waals surface area contributed by atoms with Crippen LogP contribution in [0.15, 0.2) is 35.3 Å². The lowest BCUT2D eigenvalue weighted by atomic mass is 10.2. The van der Waals surface area contributed by atoms with Gasteiger partial charge in [-0.15, -0.1) is 0 Å². The predicted molar refractivity (Wildman–Crippen MR) is 63.3 cm³/mol. The third-order valence-electron chi connectivity index (χ3n) is 2.20. The second kappa shape index (κ2) is 4.49. The van der Waals surface area contributed by atoms with E-state index in [2.05, 4.69) is 4.99 Å². The normalized spacial score (nSPS) is 18.5. The fraction of sp³-hybridized carbons (Fsp3) is 0.273. The van der Waals surface area contributed by atoms with Crippen LogP contribution in [0.25, 0.3) is 0 Å². The lowest BCUT2D eigenvalue weighted by Crippen LogP contribution is -2.19. The van der Waals surface area contributed by atoms with Crippen molar-refractivity contribution in [2.45, 2.75) is 0 Å². The van der Waals surface area contributed by atoms with Gasteiger partial charge in [-0.25, -0.2) is 0 Å². The van der Waals surface area contributed by atoms with Gasteiger partial charge in [0.05, 0.1) is 0 Å². The van der Waals surface area contributed by atoms with Gasteiger partial charge in [-0.1, -0.05) is 30.0 Å². The van der Waals surface area contributed by atoms with Gasteiger partial charge in [0, 0.05) is 24.9 Å². The van der Waals surface area contributed by atoms with Gasteiger partial charge in [0.25, 0.3) is 5.91 Å². The molecule has 1 aliphatic rings. The summed E-state index contributed by atoms with van der Waals surface area (Å²) in [5.41, 5.74) is 0.644. The van der Waals surface area contributed by atoms with Crippen molar-refractivity contribution in [2.24, 2.45) is 4.99 Å². The number of benzene rings is 1. The van der Waals surface area contributed by atoms with Crippen molar-refractivity contribution >= 4 is 22.8 Å². The van der Waals surface area contributed by atoms with Gasteiger partial charge in [-0.05, 0) is 12.1 Å². The maximum absolute atomic E-state index is 11.7. The molecule has 0 saturated carbocycles. The highest BCUT2D eigenvalue weighted by atomic mass is 32.2. The van der Waals surface area contributed by atoms with Gasteiger partial charge >= 0.3 is 0 Å². The Morgan fingerprint density at radius 2 is 2.13 bits per heavy atom. The SMILES string of the molecule is CN1CCSC1=NC(=O)c1ccccc1. The lowest BCUT2D eigenvalue weighted by Gasteiger charge is -2.08. The Kier molecular flexibility index (Phi) is 3.06. The van der Waals surface area contributed by atoms with E-state index in [1.807, 2.05) is 30.1 Å². The summed E-state index contributed by atoms with van der Waals surface area (Å²) in [7, 11) is 1.96. The Hall–Kier alpha value is -1.29. The first-order valence-electron chi connectivity index (χ1n) is 4.79. The molecular formula is C11H12N2OS. The second-order valence-electron chi connectivity index (χ2n) is 3.34. The first-order chi connectivity index (χ1) is 7.27. The average Bonchev–Trinajstić information content (AvgIpc) is 2.66. The van der Waals surface area contributed by atoms with E-state index in [1.54, 1.807) is 23.9 Å². The zero-order valence-corrected chi connectivity index (χ0v) is 9.33. The first kappa shape index (κ1) is 10.2. The van der Waals surface area contributed by atoms with Gasteiger partial charge in [-0.2, -0.15) is 4.99 Å². The zero-order valence-electron chi connectivity index (χ0n) is 8.51. The molecule has 1 saturated heterocycles. The highest BCUT2D eigenvalue weighted by Gasteiger charge is 2.16. The molecular weight excluding hydrogens is 208 g/mol. The topological polar surface area (TPSA) is 32.7 Å². The summed E-state index contributed by atoms with van der Waals surface area (Å²) in [6, 6.07) is 9.15. The third-order valence-corrected chi connectivity index (χ3v) is 3.25. The average molecular weight is 220 g/mol. The van der Waals surface area contributed by atoms with Crippen molar-refractivity contribution in [3.8, 4) is 0 Å². The van der Waals surface area contributed by atoms with Crippen LogP contribution in [0.4, 0.5) is 0 Å². The van der Waals surface area contributed by atoms with Gasteiger partial charge < -0.3 is 4.90 Å². The molecule has 0 aromatic heterocycles. The number of carbonyl (C=O) groups excluding carboxylic acids is 1. The number of hydrogen-bond acceptors (Lipinski definition) is 2. The molecule has 3 nitrogen and oxygen atoms in total. The molecule has 1 aromatic carbocycles. The Bertz CT molecular complexity index is 389. The molecule has 2 rings (SSSR count). The summed E-state index contributed by atoms with van der Waals surface area (Å²) in [4.78, 5) is 17.8. The van der Waals surface area contributed by atoms with Crippen LogP contribution in [0.3, 0.4) is 0 Å². The number of aliphatic imine (C=N–C) groups is 1. The first-order valence-corrected chi connectivity index (χ1v) is 5.78. The van der Waals surface area contributed by atoms with Crippen LogP contribution in [-0.4, -0.2) is 35.3 Å². The van der Waals surface area contributed by atoms with Gasteiger partial charge in [0.15, 0.2) is 5.17 Å². The van der Waals surface area contributed by atoms with Crippen LogP contribution in [-0.2, 0) is 0 Å². The molecule has 0 spiro atoms. The van der Waals surface area contributed by atoms with Crippen molar-refractivity contribution in [2.75, 3.05) is 19.3 Å². The van der Waals surface area contributed by atoms with E-state index in [-0.39, 0.29) is 5.91 Å². The monoisotopic (exact) mass is 220 g/mol. The van der Waals surface area contributed by atoms with Gasteiger partial charge in [-0.3, -0.25) is 4.79 Å². The minimum atomic E-state index is -0.160. The third kappa shape index (κ3) is 2.39. The summed E-state index contributed by atoms with van der Waals surface area (Å²) in [5.74, 6) is 0.851. The zero-order chi connectivity index (χ0) is 10.7.